The molecule has 0 radical (unpaired) electrons. The van der Waals surface area contributed by atoms with Crippen molar-refractivity contribution < 1.29 is 28.0 Å². The average Bonchev–Trinajstić information content (AvgIpc) is 3.29. The number of carbonyl (C=O) groups is 1. The lowest BCUT2D eigenvalue weighted by Gasteiger charge is -2.32. The van der Waals surface area contributed by atoms with Crippen LogP contribution in [0.4, 0.5) is 18.9 Å². The summed E-state index contributed by atoms with van der Waals surface area (Å²) >= 11 is 0. The van der Waals surface area contributed by atoms with Crippen molar-refractivity contribution in [2.75, 3.05) is 0 Å². The van der Waals surface area contributed by atoms with Crippen molar-refractivity contribution in [3.8, 4) is 0 Å². The fourth-order valence-electron chi connectivity index (χ4n) is 2.52. The monoisotopic (exact) mass is 343 g/mol. The fraction of sp³-hybridized carbons (Fsp3) is 0.429. The van der Waals surface area contributed by atoms with E-state index in [4.69, 9.17) is 0 Å². The Kier molecular flexibility index (Phi) is 3.59. The number of amides is 1. The highest BCUT2D eigenvalue weighted by Gasteiger charge is 2.64. The number of alkyl halides is 3. The van der Waals surface area contributed by atoms with Gasteiger partial charge in [-0.1, -0.05) is 6.07 Å². The number of non-ortho nitro benzene ring substituents is 1. The number of hydrazone groups is 1. The molecule has 1 aliphatic carbocycles. The Morgan fingerprint density at radius 2 is 2.08 bits per heavy atom. The summed E-state index contributed by atoms with van der Waals surface area (Å²) in [6, 6.07) is 4.27. The van der Waals surface area contributed by atoms with Crippen LogP contribution in [0.15, 0.2) is 29.4 Å². The second kappa shape index (κ2) is 5.26. The summed E-state index contributed by atoms with van der Waals surface area (Å²) in [5.74, 6) is -1.41. The van der Waals surface area contributed by atoms with Crippen LogP contribution >= 0.6 is 0 Å². The van der Waals surface area contributed by atoms with Crippen LogP contribution in [-0.4, -0.2) is 38.6 Å². The number of benzene rings is 1. The normalized spacial score (nSPS) is 24.0. The number of halogens is 3. The second-order valence-electron chi connectivity index (χ2n) is 5.78. The maximum absolute atomic E-state index is 13.3. The highest BCUT2D eigenvalue weighted by atomic mass is 19.4. The number of hydrogen-bond acceptors (Lipinski definition) is 5. The Labute approximate surface area is 133 Å². The van der Waals surface area contributed by atoms with E-state index in [2.05, 4.69) is 5.10 Å². The molecule has 128 valence electrons. The highest BCUT2D eigenvalue weighted by molar-refractivity contribution is 5.99. The summed E-state index contributed by atoms with van der Waals surface area (Å²) < 4.78 is 39.9. The summed E-state index contributed by atoms with van der Waals surface area (Å²) in [6.07, 6.45) is -4.59. The third-order valence-electron chi connectivity index (χ3n) is 4.01. The predicted octanol–water partition coefficient (Wildman–Crippen LogP) is 2.46. The van der Waals surface area contributed by atoms with Gasteiger partial charge in [0, 0.05) is 29.8 Å². The third-order valence-corrected chi connectivity index (χ3v) is 4.01. The van der Waals surface area contributed by atoms with E-state index in [0.717, 1.165) is 18.2 Å². The van der Waals surface area contributed by atoms with Gasteiger partial charge in [-0.05, 0) is 24.8 Å². The van der Waals surface area contributed by atoms with Crippen molar-refractivity contribution in [1.82, 2.24) is 5.01 Å². The highest BCUT2D eigenvalue weighted by Crippen LogP contribution is 2.45. The first kappa shape index (κ1) is 16.4. The molecule has 1 amide bonds. The van der Waals surface area contributed by atoms with E-state index < -0.39 is 34.8 Å². The largest absolute Gasteiger partial charge is 0.438 e. The van der Waals surface area contributed by atoms with Crippen molar-refractivity contribution in [2.45, 2.75) is 31.2 Å². The fourth-order valence-corrected chi connectivity index (χ4v) is 2.52. The van der Waals surface area contributed by atoms with E-state index in [1.54, 1.807) is 0 Å². The molecule has 24 heavy (non-hydrogen) atoms. The number of aliphatic hydroxyl groups is 1. The van der Waals surface area contributed by atoms with Crippen molar-refractivity contribution in [2.24, 2.45) is 11.0 Å². The first-order valence-electron chi connectivity index (χ1n) is 7.09. The first-order valence-corrected chi connectivity index (χ1v) is 7.09. The van der Waals surface area contributed by atoms with Crippen molar-refractivity contribution >= 4 is 17.3 Å². The molecule has 7 nitrogen and oxygen atoms in total. The molecule has 0 aromatic heterocycles. The van der Waals surface area contributed by atoms with Crippen molar-refractivity contribution in [1.29, 1.82) is 0 Å². The summed E-state index contributed by atoms with van der Waals surface area (Å²) in [5.41, 5.74) is -4.12. The van der Waals surface area contributed by atoms with Gasteiger partial charge in [-0.3, -0.25) is 14.9 Å². The molecular weight excluding hydrogens is 331 g/mol. The SMILES string of the molecule is O=C(c1cccc([N+](=O)[O-])c1)N1N=C(C2CC2)C[C@@]1(O)C(F)(F)F. The van der Waals surface area contributed by atoms with Gasteiger partial charge in [0.05, 0.1) is 4.92 Å². The molecule has 1 atom stereocenters. The molecular formula is C14H12F3N3O4. The van der Waals surface area contributed by atoms with Gasteiger partial charge < -0.3 is 5.11 Å². The molecule has 0 unspecified atom stereocenters. The van der Waals surface area contributed by atoms with Crippen LogP contribution in [0.5, 0.6) is 0 Å². The third kappa shape index (κ3) is 2.62. The average molecular weight is 343 g/mol. The Bertz CT molecular complexity index is 745. The molecule has 0 spiro atoms. The van der Waals surface area contributed by atoms with Crippen LogP contribution in [0, 0.1) is 16.0 Å². The number of carbonyl (C=O) groups excluding carboxylic acids is 1. The van der Waals surface area contributed by atoms with E-state index in [9.17, 15) is 33.2 Å². The van der Waals surface area contributed by atoms with Gasteiger partial charge in [-0.15, -0.1) is 0 Å². The van der Waals surface area contributed by atoms with Crippen LogP contribution in [-0.2, 0) is 0 Å². The van der Waals surface area contributed by atoms with Gasteiger partial charge >= 0.3 is 6.18 Å². The van der Waals surface area contributed by atoms with Gasteiger partial charge in [0.1, 0.15) is 0 Å². The maximum Gasteiger partial charge on any atom is 0.438 e. The van der Waals surface area contributed by atoms with Gasteiger partial charge in [0.15, 0.2) is 0 Å². The van der Waals surface area contributed by atoms with Gasteiger partial charge in [-0.25, -0.2) is 0 Å². The zero-order chi connectivity index (χ0) is 17.7. The lowest BCUT2D eigenvalue weighted by Crippen LogP contribution is -2.56. The van der Waals surface area contributed by atoms with Gasteiger partial charge in [0.25, 0.3) is 17.3 Å². The second-order valence-corrected chi connectivity index (χ2v) is 5.78. The molecule has 1 aromatic carbocycles. The topological polar surface area (TPSA) is 96.0 Å². The minimum Gasteiger partial charge on any atom is -0.362 e. The van der Waals surface area contributed by atoms with Crippen LogP contribution in [0.3, 0.4) is 0 Å². The number of rotatable bonds is 3. The Morgan fingerprint density at radius 1 is 1.42 bits per heavy atom. The molecule has 1 aliphatic heterocycles. The predicted molar refractivity (Wildman–Crippen MR) is 75.0 cm³/mol. The summed E-state index contributed by atoms with van der Waals surface area (Å²) in [6.45, 7) is 0. The lowest BCUT2D eigenvalue weighted by molar-refractivity contribution is -0.384. The molecule has 0 bridgehead atoms. The molecule has 1 saturated carbocycles. The molecule has 1 fully saturated rings. The Morgan fingerprint density at radius 3 is 2.62 bits per heavy atom. The number of nitro benzene ring substituents is 1. The molecule has 0 saturated heterocycles. The number of nitrogens with zero attached hydrogens (tertiary/aromatic N) is 3. The van der Waals surface area contributed by atoms with Crippen LogP contribution < -0.4 is 0 Å². The summed E-state index contributed by atoms with van der Waals surface area (Å²) in [5, 5.41) is 24.5. The van der Waals surface area contributed by atoms with E-state index in [-0.39, 0.29) is 22.2 Å². The van der Waals surface area contributed by atoms with E-state index in [0.29, 0.717) is 12.8 Å². The minimum absolute atomic E-state index is 0.000285. The zero-order valence-electron chi connectivity index (χ0n) is 12.2. The molecule has 3 rings (SSSR count). The molecule has 10 heteroatoms. The van der Waals surface area contributed by atoms with Gasteiger partial charge in [0.2, 0.25) is 0 Å². The van der Waals surface area contributed by atoms with Crippen LogP contribution in [0.2, 0.25) is 0 Å². The Hall–Kier alpha value is -2.49. The molecule has 2 aliphatic rings. The van der Waals surface area contributed by atoms with Crippen molar-refractivity contribution in [3.63, 3.8) is 0 Å². The number of hydrogen-bond donors (Lipinski definition) is 1. The lowest BCUT2D eigenvalue weighted by atomic mass is 10.0. The smallest absolute Gasteiger partial charge is 0.362 e. The summed E-state index contributed by atoms with van der Waals surface area (Å²) in [4.78, 5) is 22.4. The zero-order valence-corrected chi connectivity index (χ0v) is 12.2. The Balaban J connectivity index is 1.99. The van der Waals surface area contributed by atoms with E-state index in [1.165, 1.54) is 6.07 Å². The molecule has 1 heterocycles. The van der Waals surface area contributed by atoms with Crippen molar-refractivity contribution in [3.05, 3.63) is 39.9 Å². The van der Waals surface area contributed by atoms with Gasteiger partial charge in [-0.2, -0.15) is 23.3 Å². The van der Waals surface area contributed by atoms with Crippen LogP contribution in [0.1, 0.15) is 29.6 Å². The van der Waals surface area contributed by atoms with E-state index in [1.807, 2.05) is 0 Å². The molecule has 1 N–H and O–H groups in total. The molecule has 1 aromatic rings. The first-order chi connectivity index (χ1) is 11.1. The standard InChI is InChI=1S/C14H12F3N3O4/c15-14(16,17)13(22)7-11(8-4-5-8)18-19(13)12(21)9-2-1-3-10(6-9)20(23)24/h1-3,6,8,22H,4-5,7H2/t13-/m1/s1. The minimum atomic E-state index is -5.11. The maximum atomic E-state index is 13.3. The van der Waals surface area contributed by atoms with E-state index >= 15 is 0 Å². The quantitative estimate of drug-likeness (QED) is 0.673. The summed E-state index contributed by atoms with van der Waals surface area (Å²) in [7, 11) is 0. The number of nitro groups is 1. The van der Waals surface area contributed by atoms with Crippen LogP contribution in [0.25, 0.3) is 0 Å².